The topological polar surface area (TPSA) is 50.2 Å². The molecule has 1 heterocycles. The summed E-state index contributed by atoms with van der Waals surface area (Å²) in [5.74, 6) is -6.42. The largest absolute Gasteiger partial charge is 0.456 e. The van der Waals surface area contributed by atoms with E-state index in [9.17, 15) is 23.1 Å². The SMILES string of the molecule is C[C@]12C[C@H](c3cccc(/C=C/c4cccnc4)c3)C3=C4CCC(=O)C=C4CC[C@H]3[C@@H]1CC[C@@]2(O)C(F)(F)C(F)(F)F. The number of halogens is 5. The molecule has 2 saturated carbocycles. The molecule has 0 radical (unpaired) electrons. The van der Waals surface area contributed by atoms with Crippen molar-refractivity contribution in [2.75, 3.05) is 0 Å². The fourth-order valence-electron chi connectivity index (χ4n) is 8.26. The Kier molecular flexibility index (Phi) is 6.64. The monoisotopic (exact) mass is 569 g/mol. The van der Waals surface area contributed by atoms with E-state index in [1.54, 1.807) is 18.5 Å². The summed E-state index contributed by atoms with van der Waals surface area (Å²) in [5.41, 5.74) is 0.763. The molecule has 0 bridgehead atoms. The molecule has 0 amide bonds. The van der Waals surface area contributed by atoms with Crippen molar-refractivity contribution in [3.8, 4) is 0 Å². The first-order chi connectivity index (χ1) is 19.4. The van der Waals surface area contributed by atoms with Crippen LogP contribution in [0.3, 0.4) is 0 Å². The van der Waals surface area contributed by atoms with E-state index in [1.165, 1.54) is 6.92 Å². The van der Waals surface area contributed by atoms with Gasteiger partial charge in [-0.3, -0.25) is 9.78 Å². The predicted octanol–water partition coefficient (Wildman–Crippen LogP) is 8.08. The van der Waals surface area contributed by atoms with Gasteiger partial charge in [-0.15, -0.1) is 0 Å². The number of hydrogen-bond acceptors (Lipinski definition) is 3. The minimum absolute atomic E-state index is 0.0355. The first-order valence-corrected chi connectivity index (χ1v) is 14.2. The van der Waals surface area contributed by atoms with Gasteiger partial charge in [0.1, 0.15) is 5.60 Å². The molecule has 2 fully saturated rings. The van der Waals surface area contributed by atoms with E-state index in [0.717, 1.165) is 33.4 Å². The second-order valence-corrected chi connectivity index (χ2v) is 12.3. The predicted molar refractivity (Wildman–Crippen MR) is 146 cm³/mol. The molecule has 3 nitrogen and oxygen atoms in total. The van der Waals surface area contributed by atoms with Crippen LogP contribution in [0.5, 0.6) is 0 Å². The van der Waals surface area contributed by atoms with E-state index in [2.05, 4.69) is 4.98 Å². The summed E-state index contributed by atoms with van der Waals surface area (Å²) in [5, 5.41) is 11.4. The van der Waals surface area contributed by atoms with Crippen molar-refractivity contribution in [3.63, 3.8) is 0 Å². The first kappa shape index (κ1) is 28.0. The molecule has 4 aliphatic rings. The quantitative estimate of drug-likeness (QED) is 0.379. The fourth-order valence-corrected chi connectivity index (χ4v) is 8.26. The Morgan fingerprint density at radius 2 is 1.76 bits per heavy atom. The number of aliphatic hydroxyl groups is 1. The van der Waals surface area contributed by atoms with E-state index in [-0.39, 0.29) is 24.5 Å². The number of allylic oxidation sites excluding steroid dienone is 4. The molecule has 5 atom stereocenters. The molecule has 1 aromatic carbocycles. The summed E-state index contributed by atoms with van der Waals surface area (Å²) < 4.78 is 71.7. The number of hydrogen-bond donors (Lipinski definition) is 1. The highest BCUT2D eigenvalue weighted by molar-refractivity contribution is 5.93. The molecule has 0 saturated heterocycles. The van der Waals surface area contributed by atoms with Crippen molar-refractivity contribution in [3.05, 3.63) is 88.3 Å². The molecule has 8 heteroatoms. The number of fused-ring (bicyclic) bond motifs is 4. The van der Waals surface area contributed by atoms with Crippen LogP contribution < -0.4 is 0 Å². The Morgan fingerprint density at radius 3 is 2.49 bits per heavy atom. The van der Waals surface area contributed by atoms with Crippen LogP contribution in [0.15, 0.2) is 71.6 Å². The van der Waals surface area contributed by atoms with E-state index in [4.69, 9.17) is 0 Å². The standard InChI is InChI=1S/C33H32F5NO2/c1-30-18-27(22-6-2-4-20(16-22)7-8-21-5-3-15-39-19-21)29-25-12-10-24(40)17-23(25)9-11-26(29)28(30)13-14-31(30,41)32(34,35)33(36,37)38/h2-8,15-17,19,26-28,41H,9-14,18H2,1H3/b8-7+/t26-,27+,28-,30-,31-/m0/s1. The fraction of sp³-hybridized carbons (Fsp3) is 0.455. The Labute approximate surface area is 235 Å². The molecular weight excluding hydrogens is 537 g/mol. The minimum atomic E-state index is -5.86. The summed E-state index contributed by atoms with van der Waals surface area (Å²) in [6.07, 6.45) is 4.53. The zero-order valence-corrected chi connectivity index (χ0v) is 22.7. The van der Waals surface area contributed by atoms with Crippen LogP contribution in [0.2, 0.25) is 0 Å². The third-order valence-electron chi connectivity index (χ3n) is 10.2. The molecule has 0 spiro atoms. The maximum atomic E-state index is 15.2. The van der Waals surface area contributed by atoms with Crippen LogP contribution in [-0.4, -0.2) is 33.6 Å². The molecule has 0 unspecified atom stereocenters. The van der Waals surface area contributed by atoms with Crippen molar-refractivity contribution >= 4 is 17.9 Å². The lowest BCUT2D eigenvalue weighted by atomic mass is 9.50. The molecule has 0 aliphatic heterocycles. The van der Waals surface area contributed by atoms with Gasteiger partial charge in [0.05, 0.1) is 0 Å². The van der Waals surface area contributed by atoms with Crippen LogP contribution >= 0.6 is 0 Å². The number of pyridine rings is 1. The van der Waals surface area contributed by atoms with Crippen LogP contribution in [-0.2, 0) is 4.79 Å². The number of carbonyl (C=O) groups excluding carboxylic acids is 1. The molecule has 1 N–H and O–H groups in total. The third kappa shape index (κ3) is 4.32. The zero-order chi connectivity index (χ0) is 29.2. The number of ketones is 1. The highest BCUT2D eigenvalue weighted by Crippen LogP contribution is 2.70. The normalized spacial score (nSPS) is 32.0. The number of benzene rings is 1. The number of nitrogens with zero attached hydrogens (tertiary/aromatic N) is 1. The zero-order valence-electron chi connectivity index (χ0n) is 22.7. The maximum Gasteiger partial charge on any atom is 0.456 e. The van der Waals surface area contributed by atoms with Crippen LogP contribution in [0.1, 0.15) is 74.5 Å². The van der Waals surface area contributed by atoms with E-state index in [1.807, 2.05) is 48.6 Å². The maximum absolute atomic E-state index is 15.2. The highest BCUT2D eigenvalue weighted by Gasteiger charge is 2.79. The van der Waals surface area contributed by atoms with Crippen molar-refractivity contribution in [2.45, 2.75) is 75.5 Å². The summed E-state index contributed by atoms with van der Waals surface area (Å²) >= 11 is 0. The molecule has 1 aromatic heterocycles. The molecule has 2 aromatic rings. The van der Waals surface area contributed by atoms with Crippen LogP contribution in [0, 0.1) is 17.3 Å². The van der Waals surface area contributed by atoms with Crippen molar-refractivity contribution in [2.24, 2.45) is 17.3 Å². The van der Waals surface area contributed by atoms with Gasteiger partial charge >= 0.3 is 12.1 Å². The van der Waals surface area contributed by atoms with Gasteiger partial charge in [0, 0.05) is 30.1 Å². The minimum Gasteiger partial charge on any atom is -0.383 e. The first-order valence-electron chi connectivity index (χ1n) is 14.2. The van der Waals surface area contributed by atoms with Crippen LogP contribution in [0.25, 0.3) is 12.2 Å². The molecular formula is C33H32F5NO2. The van der Waals surface area contributed by atoms with Gasteiger partial charge in [0.15, 0.2) is 5.78 Å². The lowest BCUT2D eigenvalue weighted by molar-refractivity contribution is -0.362. The van der Waals surface area contributed by atoms with Crippen molar-refractivity contribution in [1.29, 1.82) is 0 Å². The van der Waals surface area contributed by atoms with Gasteiger partial charge in [0.2, 0.25) is 0 Å². The highest BCUT2D eigenvalue weighted by atomic mass is 19.4. The molecule has 6 rings (SSSR count). The number of rotatable bonds is 4. The van der Waals surface area contributed by atoms with E-state index >= 15 is 8.78 Å². The van der Waals surface area contributed by atoms with Gasteiger partial charge in [-0.2, -0.15) is 22.0 Å². The smallest absolute Gasteiger partial charge is 0.383 e. The molecule has 4 aliphatic carbocycles. The summed E-state index contributed by atoms with van der Waals surface area (Å²) in [6, 6.07) is 11.4. The Morgan fingerprint density at radius 1 is 1.00 bits per heavy atom. The van der Waals surface area contributed by atoms with Gasteiger partial charge in [-0.25, -0.2) is 0 Å². The van der Waals surface area contributed by atoms with E-state index in [0.29, 0.717) is 25.7 Å². The Bertz CT molecular complexity index is 1460. The van der Waals surface area contributed by atoms with Gasteiger partial charge in [-0.05, 0) is 90.3 Å². The lowest BCUT2D eigenvalue weighted by Gasteiger charge is -2.56. The Balaban J connectivity index is 1.48. The Hall–Kier alpha value is -3.13. The van der Waals surface area contributed by atoms with Crippen molar-refractivity contribution in [1.82, 2.24) is 4.98 Å². The second kappa shape index (κ2) is 9.72. The number of aromatic nitrogens is 1. The van der Waals surface area contributed by atoms with E-state index < -0.39 is 41.4 Å². The average Bonchev–Trinajstić information content (AvgIpc) is 3.22. The number of carbonyl (C=O) groups is 1. The second-order valence-electron chi connectivity index (χ2n) is 12.3. The van der Waals surface area contributed by atoms with Gasteiger partial charge in [0.25, 0.3) is 0 Å². The lowest BCUT2D eigenvalue weighted by Crippen LogP contribution is -2.65. The number of alkyl halides is 5. The summed E-state index contributed by atoms with van der Waals surface area (Å²) in [4.78, 5) is 16.4. The summed E-state index contributed by atoms with van der Waals surface area (Å²) in [6.45, 7) is 1.45. The van der Waals surface area contributed by atoms with Crippen LogP contribution in [0.4, 0.5) is 22.0 Å². The van der Waals surface area contributed by atoms with Gasteiger partial charge in [-0.1, -0.05) is 55.0 Å². The average molecular weight is 570 g/mol. The summed E-state index contributed by atoms with van der Waals surface area (Å²) in [7, 11) is 0. The molecule has 41 heavy (non-hydrogen) atoms. The molecule has 216 valence electrons. The van der Waals surface area contributed by atoms with Gasteiger partial charge < -0.3 is 5.11 Å². The van der Waals surface area contributed by atoms with Crippen molar-refractivity contribution < 1.29 is 31.9 Å². The third-order valence-corrected chi connectivity index (χ3v) is 10.2.